The number of carbonyl (C=O) groups is 2. The quantitative estimate of drug-likeness (QED) is 0.292. The number of alkyl halides is 3. The maximum Gasteiger partial charge on any atom is 0.417 e. The Bertz CT molecular complexity index is 1610. The number of hydrogen-bond acceptors (Lipinski definition) is 5. The lowest BCUT2D eigenvalue weighted by atomic mass is 10.0. The van der Waals surface area contributed by atoms with Crippen LogP contribution in [-0.4, -0.2) is 35.2 Å². The molecule has 0 saturated carbocycles. The predicted octanol–water partition coefficient (Wildman–Crippen LogP) is 4.94. The highest BCUT2D eigenvalue weighted by molar-refractivity contribution is 7.70. The summed E-state index contributed by atoms with van der Waals surface area (Å²) in [5.41, 5.74) is -0.917. The van der Waals surface area contributed by atoms with Gasteiger partial charge in [0.25, 0.3) is 5.91 Å². The highest BCUT2D eigenvalue weighted by atomic mass is 35.5. The minimum atomic E-state index is -4.88. The van der Waals surface area contributed by atoms with Crippen molar-refractivity contribution in [3.05, 3.63) is 87.9 Å². The fraction of sp³-hybridized carbons (Fsp3) is 0.125. The molecule has 1 aromatic heterocycles. The fourth-order valence-electron chi connectivity index (χ4n) is 3.86. The summed E-state index contributed by atoms with van der Waals surface area (Å²) < 4.78 is 66.5. The summed E-state index contributed by atoms with van der Waals surface area (Å²) in [5, 5.41) is 13.4. The van der Waals surface area contributed by atoms with Gasteiger partial charge in [0.15, 0.2) is 0 Å². The fourth-order valence-corrected chi connectivity index (χ4v) is 4.58. The highest BCUT2D eigenvalue weighted by Gasteiger charge is 2.37. The van der Waals surface area contributed by atoms with Crippen molar-refractivity contribution < 1.29 is 36.3 Å². The Kier molecular flexibility index (Phi) is 7.09. The zero-order valence-corrected chi connectivity index (χ0v) is 20.4. The second kappa shape index (κ2) is 9.96. The summed E-state index contributed by atoms with van der Waals surface area (Å²) in [6.07, 6.45) is -4.88. The second-order valence-corrected chi connectivity index (χ2v) is 9.17. The molecule has 8 nitrogen and oxygen atoms in total. The number of benzene rings is 3. The van der Waals surface area contributed by atoms with Gasteiger partial charge < -0.3 is 5.11 Å². The minimum absolute atomic E-state index is 0.00311. The van der Waals surface area contributed by atoms with Crippen LogP contribution in [0.3, 0.4) is 0 Å². The third kappa shape index (κ3) is 5.22. The molecule has 0 fully saturated rings. The van der Waals surface area contributed by atoms with E-state index in [1.165, 1.54) is 30.3 Å². The van der Waals surface area contributed by atoms with Crippen molar-refractivity contribution in [1.29, 1.82) is 0 Å². The van der Waals surface area contributed by atoms with E-state index >= 15 is 0 Å². The first kappa shape index (κ1) is 26.3. The molecule has 1 atom stereocenters. The highest BCUT2D eigenvalue weighted by Crippen LogP contribution is 2.37. The first-order valence-corrected chi connectivity index (χ1v) is 12.1. The van der Waals surface area contributed by atoms with Gasteiger partial charge in [-0.05, 0) is 42.8 Å². The van der Waals surface area contributed by atoms with Crippen LogP contribution in [0.4, 0.5) is 13.2 Å². The maximum atomic E-state index is 13.7. The van der Waals surface area contributed by atoms with Crippen molar-refractivity contribution >= 4 is 45.3 Å². The van der Waals surface area contributed by atoms with E-state index in [1.54, 1.807) is 19.1 Å². The van der Waals surface area contributed by atoms with Crippen molar-refractivity contribution in [1.82, 2.24) is 14.5 Å². The molecule has 1 heterocycles. The summed E-state index contributed by atoms with van der Waals surface area (Å²) in [5.74, 6) is -2.30. The van der Waals surface area contributed by atoms with Crippen molar-refractivity contribution in [3.8, 4) is 11.3 Å². The summed E-state index contributed by atoms with van der Waals surface area (Å²) >= 11 is 6.05. The van der Waals surface area contributed by atoms with Crippen LogP contribution in [0, 0.1) is 0 Å². The smallest absolute Gasteiger partial charge is 0.417 e. The van der Waals surface area contributed by atoms with E-state index in [-0.39, 0.29) is 16.8 Å². The Morgan fingerprint density at radius 1 is 1.08 bits per heavy atom. The number of thiol groups is 1. The lowest BCUT2D eigenvalue weighted by molar-refractivity contribution is -0.137. The predicted molar refractivity (Wildman–Crippen MR) is 130 cm³/mol. The standard InChI is InChI=1S/C24H17ClF3N3O5S/c1-12(30-37(35)36)15-9-10-16-19(11-15)31(29-21(16)13-5-7-14(8-6-13)23(33)34)22(32)20-17(24(26,27)28)3-2-4-18(20)25/h2-12,37H,1H3,(H,33,34)(H,30,35,36). The van der Waals surface area contributed by atoms with Gasteiger partial charge in [-0.25, -0.2) is 17.9 Å². The van der Waals surface area contributed by atoms with Crippen LogP contribution >= 0.6 is 11.6 Å². The van der Waals surface area contributed by atoms with Gasteiger partial charge in [-0.3, -0.25) is 4.79 Å². The van der Waals surface area contributed by atoms with Gasteiger partial charge in [-0.1, -0.05) is 41.9 Å². The number of carboxylic acid groups (broad SMARTS) is 1. The van der Waals surface area contributed by atoms with Crippen LogP contribution in [0.1, 0.15) is 44.8 Å². The molecule has 192 valence electrons. The van der Waals surface area contributed by atoms with Crippen LogP contribution < -0.4 is 4.72 Å². The molecule has 2 N–H and O–H groups in total. The normalized spacial score (nSPS) is 12.7. The lowest BCUT2D eigenvalue weighted by Crippen LogP contribution is -2.20. The van der Waals surface area contributed by atoms with Gasteiger partial charge in [0.05, 0.1) is 27.2 Å². The van der Waals surface area contributed by atoms with E-state index < -0.39 is 51.1 Å². The van der Waals surface area contributed by atoms with Gasteiger partial charge in [0.2, 0.25) is 10.9 Å². The van der Waals surface area contributed by atoms with E-state index in [9.17, 15) is 31.2 Å². The molecule has 0 spiro atoms. The van der Waals surface area contributed by atoms with Gasteiger partial charge in [0, 0.05) is 17.0 Å². The molecule has 0 aliphatic rings. The summed E-state index contributed by atoms with van der Waals surface area (Å²) in [4.78, 5) is 24.7. The molecule has 3 aromatic carbocycles. The number of nitrogens with zero attached hydrogens (tertiary/aromatic N) is 2. The third-order valence-electron chi connectivity index (χ3n) is 5.63. The Labute approximate surface area is 214 Å². The molecule has 0 saturated heterocycles. The van der Waals surface area contributed by atoms with Crippen molar-refractivity contribution in [3.63, 3.8) is 0 Å². The maximum absolute atomic E-state index is 13.7. The molecule has 1 unspecified atom stereocenters. The summed E-state index contributed by atoms with van der Waals surface area (Å²) in [7, 11) is -2.95. The summed E-state index contributed by atoms with van der Waals surface area (Å²) in [6.45, 7) is 1.55. The number of aromatic nitrogens is 2. The Balaban J connectivity index is 1.97. The second-order valence-electron chi connectivity index (χ2n) is 7.99. The average molecular weight is 552 g/mol. The zero-order valence-electron chi connectivity index (χ0n) is 18.8. The first-order chi connectivity index (χ1) is 17.4. The third-order valence-corrected chi connectivity index (χ3v) is 6.55. The minimum Gasteiger partial charge on any atom is -0.478 e. The zero-order chi connectivity index (χ0) is 27.1. The van der Waals surface area contributed by atoms with Crippen molar-refractivity contribution in [2.45, 2.75) is 19.1 Å². The molecule has 13 heteroatoms. The molecule has 0 aliphatic carbocycles. The van der Waals surface area contributed by atoms with Crippen molar-refractivity contribution in [2.75, 3.05) is 0 Å². The number of carbonyl (C=O) groups excluding carboxylic acids is 1. The van der Waals surface area contributed by atoms with Gasteiger partial charge >= 0.3 is 12.1 Å². The SMILES string of the molecule is CC(N[SH](=O)=O)c1ccc2c(-c3ccc(C(=O)O)cc3)nn(C(=O)c3c(Cl)cccc3C(F)(F)F)c2c1. The molecule has 4 rings (SSSR count). The number of halogens is 4. The number of aromatic carboxylic acids is 1. The van der Waals surface area contributed by atoms with E-state index in [1.807, 2.05) is 0 Å². The van der Waals surface area contributed by atoms with E-state index in [0.29, 0.717) is 16.5 Å². The van der Waals surface area contributed by atoms with Gasteiger partial charge in [-0.2, -0.15) is 23.0 Å². The molecule has 0 amide bonds. The topological polar surface area (TPSA) is 118 Å². The van der Waals surface area contributed by atoms with Crippen LogP contribution in [-0.2, 0) is 17.1 Å². The van der Waals surface area contributed by atoms with E-state index in [0.717, 1.165) is 22.9 Å². The van der Waals surface area contributed by atoms with Crippen LogP contribution in [0.2, 0.25) is 5.02 Å². The average Bonchev–Trinajstić information content (AvgIpc) is 3.21. The Hall–Kier alpha value is -3.74. The molecular weight excluding hydrogens is 535 g/mol. The molecule has 4 aromatic rings. The summed E-state index contributed by atoms with van der Waals surface area (Å²) in [6, 6.07) is 12.4. The number of rotatable bonds is 6. The Morgan fingerprint density at radius 2 is 1.76 bits per heavy atom. The number of nitrogens with one attached hydrogen (secondary N) is 1. The molecular formula is C24H17ClF3N3O5S. The molecule has 0 radical (unpaired) electrons. The van der Waals surface area contributed by atoms with Gasteiger partial charge in [0.1, 0.15) is 5.69 Å². The Morgan fingerprint density at radius 3 is 2.35 bits per heavy atom. The van der Waals surface area contributed by atoms with Crippen LogP contribution in [0.25, 0.3) is 22.2 Å². The largest absolute Gasteiger partial charge is 0.478 e. The first-order valence-electron chi connectivity index (χ1n) is 10.6. The molecule has 37 heavy (non-hydrogen) atoms. The van der Waals surface area contributed by atoms with E-state index in [2.05, 4.69) is 9.82 Å². The lowest BCUT2D eigenvalue weighted by Gasteiger charge is -2.14. The van der Waals surface area contributed by atoms with Crippen LogP contribution in [0.5, 0.6) is 0 Å². The molecule has 0 aliphatic heterocycles. The number of carboxylic acids is 1. The monoisotopic (exact) mass is 551 g/mol. The number of hydrogen-bond donors (Lipinski definition) is 3. The van der Waals surface area contributed by atoms with Crippen LogP contribution in [0.15, 0.2) is 60.7 Å². The van der Waals surface area contributed by atoms with E-state index in [4.69, 9.17) is 16.7 Å². The molecule has 0 bridgehead atoms. The number of fused-ring (bicyclic) bond motifs is 1. The van der Waals surface area contributed by atoms with Crippen molar-refractivity contribution in [2.24, 2.45) is 0 Å². The van der Waals surface area contributed by atoms with Gasteiger partial charge in [-0.15, -0.1) is 0 Å².